The highest BCUT2D eigenvalue weighted by atomic mass is 32.1. The second-order valence-corrected chi connectivity index (χ2v) is 6.76. The van der Waals surface area contributed by atoms with Gasteiger partial charge in [0.15, 0.2) is 11.5 Å². The summed E-state index contributed by atoms with van der Waals surface area (Å²) < 4.78 is 0. The van der Waals surface area contributed by atoms with Crippen molar-refractivity contribution in [3.8, 4) is 22.3 Å². The molecule has 1 atom stereocenters. The Bertz CT molecular complexity index is 941. The van der Waals surface area contributed by atoms with Gasteiger partial charge in [-0.1, -0.05) is 30.3 Å². The minimum absolute atomic E-state index is 0.134. The molecule has 4 rings (SSSR count). The number of hydrogen-bond donors (Lipinski definition) is 3. The van der Waals surface area contributed by atoms with Crippen LogP contribution < -0.4 is 5.32 Å². The highest BCUT2D eigenvalue weighted by molar-refractivity contribution is 7.13. The minimum atomic E-state index is -0.607. The summed E-state index contributed by atoms with van der Waals surface area (Å²) in [6.45, 7) is 0. The van der Waals surface area contributed by atoms with Crippen LogP contribution in [-0.2, 0) is 6.42 Å². The van der Waals surface area contributed by atoms with E-state index in [0.29, 0.717) is 4.88 Å². The van der Waals surface area contributed by atoms with Gasteiger partial charge in [0, 0.05) is 0 Å². The molecule has 1 aromatic carbocycles. The second-order valence-electron chi connectivity index (χ2n) is 5.81. The molecule has 7 heteroatoms. The van der Waals surface area contributed by atoms with E-state index < -0.39 is 17.5 Å². The van der Waals surface area contributed by atoms with E-state index in [4.69, 9.17) is 0 Å². The smallest absolute Gasteiger partial charge is 0.274 e. The van der Waals surface area contributed by atoms with Crippen molar-refractivity contribution in [3.05, 3.63) is 58.6 Å². The van der Waals surface area contributed by atoms with Gasteiger partial charge in [-0.2, -0.15) is 4.98 Å². The molecule has 0 bridgehead atoms. The minimum Gasteiger partial charge on any atom is -0.501 e. The van der Waals surface area contributed by atoms with Gasteiger partial charge < -0.3 is 15.5 Å². The van der Waals surface area contributed by atoms with Crippen LogP contribution in [0.5, 0.6) is 11.6 Å². The van der Waals surface area contributed by atoms with Crippen LogP contribution in [0.2, 0.25) is 0 Å². The molecule has 3 N–H and O–H groups in total. The molecule has 126 valence electrons. The normalized spacial score (nSPS) is 15.8. The molecule has 0 spiro atoms. The highest BCUT2D eigenvalue weighted by Crippen LogP contribution is 2.33. The Labute approximate surface area is 147 Å². The first-order valence-electron chi connectivity index (χ1n) is 7.86. The molecule has 2 heterocycles. The number of hydrogen-bond acceptors (Lipinski definition) is 6. The van der Waals surface area contributed by atoms with Gasteiger partial charge in [-0.3, -0.25) is 4.79 Å². The van der Waals surface area contributed by atoms with Crippen molar-refractivity contribution in [2.75, 3.05) is 0 Å². The largest absolute Gasteiger partial charge is 0.501 e. The fourth-order valence-corrected chi connectivity index (χ4v) is 3.71. The van der Waals surface area contributed by atoms with E-state index in [-0.39, 0.29) is 17.6 Å². The summed E-state index contributed by atoms with van der Waals surface area (Å²) in [5.74, 6) is -1.53. The van der Waals surface area contributed by atoms with Crippen LogP contribution in [0.4, 0.5) is 0 Å². The molecule has 0 aliphatic heterocycles. The number of carbonyl (C=O) groups excluding carboxylic acids is 1. The first-order chi connectivity index (χ1) is 12.1. The number of nitrogens with one attached hydrogen (secondary N) is 1. The van der Waals surface area contributed by atoms with Gasteiger partial charge in [0.1, 0.15) is 0 Å². The molecule has 0 fully saturated rings. The van der Waals surface area contributed by atoms with E-state index >= 15 is 0 Å². The van der Waals surface area contributed by atoms with Crippen LogP contribution in [0.3, 0.4) is 0 Å². The summed E-state index contributed by atoms with van der Waals surface area (Å²) in [6, 6.07) is 11.4. The van der Waals surface area contributed by atoms with Gasteiger partial charge in [-0.05, 0) is 35.4 Å². The zero-order chi connectivity index (χ0) is 17.4. The summed E-state index contributed by atoms with van der Waals surface area (Å²) in [5.41, 5.74) is 2.06. The first kappa shape index (κ1) is 15.6. The van der Waals surface area contributed by atoms with E-state index in [9.17, 15) is 15.0 Å². The predicted octanol–water partition coefficient (Wildman–Crippen LogP) is 3.03. The van der Waals surface area contributed by atoms with Crippen LogP contribution in [0.15, 0.2) is 41.8 Å². The van der Waals surface area contributed by atoms with Crippen molar-refractivity contribution in [2.45, 2.75) is 18.9 Å². The zero-order valence-electron chi connectivity index (χ0n) is 13.1. The topological polar surface area (TPSA) is 95.3 Å². The predicted molar refractivity (Wildman–Crippen MR) is 93.6 cm³/mol. The maximum Gasteiger partial charge on any atom is 0.274 e. The molecule has 1 amide bonds. The Morgan fingerprint density at radius 3 is 2.80 bits per heavy atom. The number of carbonyl (C=O) groups is 1. The van der Waals surface area contributed by atoms with Crippen LogP contribution in [0, 0.1) is 0 Å². The molecule has 0 unspecified atom stereocenters. The van der Waals surface area contributed by atoms with Crippen molar-refractivity contribution in [2.24, 2.45) is 0 Å². The molecule has 1 aliphatic carbocycles. The molecular weight excluding hydrogens is 338 g/mol. The van der Waals surface area contributed by atoms with Gasteiger partial charge in [0.25, 0.3) is 11.8 Å². The molecule has 1 aliphatic rings. The third kappa shape index (κ3) is 2.83. The molecule has 3 aromatic rings. The van der Waals surface area contributed by atoms with Crippen molar-refractivity contribution >= 4 is 17.2 Å². The molecule has 0 saturated heterocycles. The van der Waals surface area contributed by atoms with Crippen LogP contribution in [0.1, 0.15) is 34.1 Å². The van der Waals surface area contributed by atoms with Gasteiger partial charge in [0.2, 0.25) is 5.75 Å². The summed E-state index contributed by atoms with van der Waals surface area (Å²) in [5, 5.41) is 24.6. The van der Waals surface area contributed by atoms with Crippen molar-refractivity contribution in [3.63, 3.8) is 0 Å². The van der Waals surface area contributed by atoms with Crippen LogP contribution in [-0.4, -0.2) is 26.1 Å². The number of thiophene rings is 1. The number of aromatic hydroxyl groups is 2. The van der Waals surface area contributed by atoms with E-state index in [1.54, 1.807) is 6.07 Å². The lowest BCUT2D eigenvalue weighted by atomic mass is 10.1. The average Bonchev–Trinajstić information content (AvgIpc) is 3.28. The standard InChI is InChI=1S/C18H15N3O3S/c22-15-14(20-16(21-18(15)24)13-6-3-9-25-13)17(23)19-12-8-7-10-4-1-2-5-11(10)12/h1-6,9,12,22H,7-8H2,(H,19,23)(H,20,21,24)/t12-/m0/s1. The number of nitrogens with zero attached hydrogens (tertiary/aromatic N) is 2. The monoisotopic (exact) mass is 353 g/mol. The zero-order valence-corrected chi connectivity index (χ0v) is 14.0. The number of aromatic nitrogens is 2. The Hall–Kier alpha value is -2.93. The maximum absolute atomic E-state index is 12.6. The van der Waals surface area contributed by atoms with E-state index in [1.165, 1.54) is 16.9 Å². The first-order valence-corrected chi connectivity index (χ1v) is 8.74. The SMILES string of the molecule is O=C(N[C@H]1CCc2ccccc21)c1nc(-c2cccs2)nc(O)c1O. The molecule has 0 radical (unpaired) electrons. The van der Waals surface area contributed by atoms with Crippen LogP contribution in [0.25, 0.3) is 10.7 Å². The van der Waals surface area contributed by atoms with Crippen molar-refractivity contribution in [1.82, 2.24) is 15.3 Å². The lowest BCUT2D eigenvalue weighted by molar-refractivity contribution is 0.0927. The molecule has 2 aromatic heterocycles. The van der Waals surface area contributed by atoms with E-state index in [2.05, 4.69) is 15.3 Å². The molecule has 0 saturated carbocycles. The number of rotatable bonds is 3. The average molecular weight is 353 g/mol. The lowest BCUT2D eigenvalue weighted by Crippen LogP contribution is -2.28. The van der Waals surface area contributed by atoms with Crippen LogP contribution >= 0.6 is 11.3 Å². The van der Waals surface area contributed by atoms with Crippen molar-refractivity contribution < 1.29 is 15.0 Å². The second kappa shape index (κ2) is 6.18. The number of benzene rings is 1. The van der Waals surface area contributed by atoms with Gasteiger partial charge in [-0.15, -0.1) is 11.3 Å². The summed E-state index contributed by atoms with van der Waals surface area (Å²) in [6.07, 6.45) is 1.68. The molecular formula is C18H15N3O3S. The third-order valence-corrected chi connectivity index (χ3v) is 5.13. The number of aryl methyl sites for hydroxylation is 1. The third-order valence-electron chi connectivity index (χ3n) is 4.26. The Balaban J connectivity index is 1.64. The van der Waals surface area contributed by atoms with E-state index in [0.717, 1.165) is 18.4 Å². The Morgan fingerprint density at radius 2 is 2.00 bits per heavy atom. The van der Waals surface area contributed by atoms with Gasteiger partial charge >= 0.3 is 0 Å². The summed E-state index contributed by atoms with van der Waals surface area (Å²) in [4.78, 5) is 21.3. The highest BCUT2D eigenvalue weighted by Gasteiger charge is 2.27. The number of fused-ring (bicyclic) bond motifs is 1. The maximum atomic E-state index is 12.6. The van der Waals surface area contributed by atoms with Gasteiger partial charge in [-0.25, -0.2) is 4.98 Å². The summed E-state index contributed by atoms with van der Waals surface area (Å²) >= 11 is 1.39. The lowest BCUT2D eigenvalue weighted by Gasteiger charge is -2.14. The van der Waals surface area contributed by atoms with Crippen molar-refractivity contribution in [1.29, 1.82) is 0 Å². The quantitative estimate of drug-likeness (QED) is 0.673. The fourth-order valence-electron chi connectivity index (χ4n) is 3.05. The molecule has 25 heavy (non-hydrogen) atoms. The Morgan fingerprint density at radius 1 is 1.16 bits per heavy atom. The van der Waals surface area contributed by atoms with Gasteiger partial charge in [0.05, 0.1) is 10.9 Å². The van der Waals surface area contributed by atoms with E-state index in [1.807, 2.05) is 35.7 Å². The number of amides is 1. The Kier molecular flexibility index (Phi) is 3.85. The molecule has 6 nitrogen and oxygen atoms in total. The summed E-state index contributed by atoms with van der Waals surface area (Å²) in [7, 11) is 0. The fraction of sp³-hybridized carbons (Fsp3) is 0.167.